The number of nitrogens with zero attached hydrogens (tertiary/aromatic N) is 2. The second-order valence-electron chi connectivity index (χ2n) is 9.79. The van der Waals surface area contributed by atoms with E-state index < -0.39 is 0 Å². The average molecular weight is 546 g/mol. The topological polar surface area (TPSA) is 81.1 Å². The van der Waals surface area contributed by atoms with Gasteiger partial charge in [-0.15, -0.1) is 0 Å². The van der Waals surface area contributed by atoms with E-state index in [4.69, 9.17) is 16.6 Å². The highest BCUT2D eigenvalue weighted by Gasteiger charge is 2.20. The van der Waals surface area contributed by atoms with Crippen LogP contribution in [0.3, 0.4) is 0 Å². The van der Waals surface area contributed by atoms with Gasteiger partial charge in [-0.25, -0.2) is 4.98 Å². The molecule has 1 amide bonds. The van der Waals surface area contributed by atoms with E-state index in [-0.39, 0.29) is 29.0 Å². The molecule has 1 aliphatic carbocycles. The summed E-state index contributed by atoms with van der Waals surface area (Å²) in [5, 5.41) is 4.45. The molecule has 0 aliphatic heterocycles. The number of amides is 1. The minimum atomic E-state index is -0.246. The molecule has 0 radical (unpaired) electrons. The lowest BCUT2D eigenvalue weighted by molar-refractivity contribution is 0.0937. The van der Waals surface area contributed by atoms with Crippen molar-refractivity contribution in [3.05, 3.63) is 98.3 Å². The number of carbonyl (C=O) groups is 2. The molecule has 1 fully saturated rings. The molecule has 0 unspecified atom stereocenters. The number of aromatic nitrogens is 2. The van der Waals surface area contributed by atoms with Crippen LogP contribution in [0.2, 0.25) is 5.02 Å². The Hall–Kier alpha value is -3.42. The zero-order valence-corrected chi connectivity index (χ0v) is 22.9. The highest BCUT2D eigenvalue weighted by molar-refractivity contribution is 7.99. The van der Waals surface area contributed by atoms with Crippen molar-refractivity contribution in [2.45, 2.75) is 50.7 Å². The van der Waals surface area contributed by atoms with Crippen molar-refractivity contribution in [3.8, 4) is 5.69 Å². The molecule has 1 aromatic heterocycles. The van der Waals surface area contributed by atoms with Crippen LogP contribution in [0, 0.1) is 13.8 Å². The number of hydrogen-bond acceptors (Lipinski definition) is 5. The SMILES string of the molecule is Cc1cc(C)cc(-n2c(SCC(=O)c3ccc(Cl)cc3)nc3cc(C(=O)NC4CCCC4)ccc3c2=O)c1. The second kappa shape index (κ2) is 11.1. The van der Waals surface area contributed by atoms with Gasteiger partial charge in [0.25, 0.3) is 11.5 Å². The number of aryl methyl sites for hydroxylation is 2. The van der Waals surface area contributed by atoms with Crippen LogP contribution in [0.1, 0.15) is 57.5 Å². The molecule has 3 aromatic carbocycles. The van der Waals surface area contributed by atoms with Gasteiger partial charge in [0.1, 0.15) is 0 Å². The second-order valence-corrected chi connectivity index (χ2v) is 11.2. The van der Waals surface area contributed by atoms with Gasteiger partial charge in [0.05, 0.1) is 22.3 Å². The smallest absolute Gasteiger partial charge is 0.266 e. The van der Waals surface area contributed by atoms with Crippen LogP contribution in [-0.2, 0) is 0 Å². The molecule has 38 heavy (non-hydrogen) atoms. The largest absolute Gasteiger partial charge is 0.349 e. The Bertz CT molecular complexity index is 1570. The Morgan fingerprint density at radius 3 is 2.32 bits per heavy atom. The first kappa shape index (κ1) is 26.2. The molecule has 1 aliphatic rings. The van der Waals surface area contributed by atoms with E-state index in [0.29, 0.717) is 37.9 Å². The Kier molecular flexibility index (Phi) is 7.68. The number of ketones is 1. The maximum absolute atomic E-state index is 13.8. The standard InChI is InChI=1S/C30H28ClN3O3S/c1-18-13-19(2)15-24(14-18)34-29(37)25-12-9-21(28(36)32-23-5-3-4-6-23)16-26(25)33-30(34)38-17-27(35)20-7-10-22(31)11-8-20/h7-16,23H,3-6,17H2,1-2H3,(H,32,36). The Morgan fingerprint density at radius 1 is 0.974 bits per heavy atom. The number of carbonyl (C=O) groups excluding carboxylic acids is 2. The quantitative estimate of drug-likeness (QED) is 0.167. The molecule has 0 saturated heterocycles. The number of rotatable bonds is 7. The van der Waals surface area contributed by atoms with E-state index in [9.17, 15) is 14.4 Å². The molecule has 6 nitrogen and oxygen atoms in total. The third kappa shape index (κ3) is 5.69. The van der Waals surface area contributed by atoms with Gasteiger partial charge < -0.3 is 5.32 Å². The number of fused-ring (bicyclic) bond motifs is 1. The van der Waals surface area contributed by atoms with Crippen molar-refractivity contribution in [2.24, 2.45) is 0 Å². The minimum Gasteiger partial charge on any atom is -0.349 e. The molecule has 4 aromatic rings. The zero-order valence-electron chi connectivity index (χ0n) is 21.3. The summed E-state index contributed by atoms with van der Waals surface area (Å²) in [7, 11) is 0. The molecule has 0 spiro atoms. The normalized spacial score (nSPS) is 13.7. The summed E-state index contributed by atoms with van der Waals surface area (Å²) in [4.78, 5) is 44.4. The number of hydrogen-bond donors (Lipinski definition) is 1. The first-order valence-corrected chi connectivity index (χ1v) is 14.0. The maximum atomic E-state index is 13.8. The van der Waals surface area contributed by atoms with Crippen molar-refractivity contribution < 1.29 is 9.59 Å². The van der Waals surface area contributed by atoms with Crippen molar-refractivity contribution in [1.82, 2.24) is 14.9 Å². The zero-order chi connectivity index (χ0) is 26.8. The van der Waals surface area contributed by atoms with E-state index in [1.807, 2.05) is 32.0 Å². The number of nitrogens with one attached hydrogen (secondary N) is 1. The minimum absolute atomic E-state index is 0.0895. The van der Waals surface area contributed by atoms with Crippen LogP contribution < -0.4 is 10.9 Å². The van der Waals surface area contributed by atoms with Crippen molar-refractivity contribution >= 4 is 46.0 Å². The first-order valence-electron chi connectivity index (χ1n) is 12.7. The summed E-state index contributed by atoms with van der Waals surface area (Å²) in [5.41, 5.74) is 3.90. The molecule has 1 saturated carbocycles. The lowest BCUT2D eigenvalue weighted by atomic mass is 10.1. The summed E-state index contributed by atoms with van der Waals surface area (Å²) < 4.78 is 1.56. The molecular formula is C30H28ClN3O3S. The highest BCUT2D eigenvalue weighted by atomic mass is 35.5. The van der Waals surface area contributed by atoms with Gasteiger partial charge in [-0.05, 0) is 92.4 Å². The van der Waals surface area contributed by atoms with Crippen molar-refractivity contribution in [1.29, 1.82) is 0 Å². The van der Waals surface area contributed by atoms with E-state index in [1.54, 1.807) is 47.0 Å². The molecule has 194 valence electrons. The van der Waals surface area contributed by atoms with Crippen LogP contribution in [0.15, 0.2) is 70.6 Å². The van der Waals surface area contributed by atoms with Crippen LogP contribution in [0.25, 0.3) is 16.6 Å². The van der Waals surface area contributed by atoms with Crippen molar-refractivity contribution in [3.63, 3.8) is 0 Å². The molecule has 1 N–H and O–H groups in total. The monoisotopic (exact) mass is 545 g/mol. The average Bonchev–Trinajstić information content (AvgIpc) is 3.40. The Labute approximate surface area is 230 Å². The van der Waals surface area contributed by atoms with Gasteiger partial charge in [0, 0.05) is 22.2 Å². The molecule has 1 heterocycles. The Balaban J connectivity index is 1.55. The molecule has 5 rings (SSSR count). The summed E-state index contributed by atoms with van der Waals surface area (Å²) in [6, 6.07) is 17.8. The van der Waals surface area contributed by atoms with Crippen LogP contribution >= 0.6 is 23.4 Å². The summed E-state index contributed by atoms with van der Waals surface area (Å²) in [6.07, 6.45) is 4.22. The molecule has 0 atom stereocenters. The van der Waals surface area contributed by atoms with E-state index in [2.05, 4.69) is 5.32 Å². The number of benzene rings is 3. The fourth-order valence-electron chi connectivity index (χ4n) is 4.90. The third-order valence-electron chi connectivity index (χ3n) is 6.75. The number of Topliss-reactive ketones (excluding diaryl/α,β-unsaturated/α-hetero) is 1. The van der Waals surface area contributed by atoms with Gasteiger partial charge in [-0.3, -0.25) is 19.0 Å². The predicted octanol–water partition coefficient (Wildman–Crippen LogP) is 6.30. The van der Waals surface area contributed by atoms with E-state index in [1.165, 1.54) is 11.8 Å². The maximum Gasteiger partial charge on any atom is 0.266 e. The van der Waals surface area contributed by atoms with Gasteiger partial charge in [-0.2, -0.15) is 0 Å². The lowest BCUT2D eigenvalue weighted by Gasteiger charge is -2.15. The summed E-state index contributed by atoms with van der Waals surface area (Å²) >= 11 is 7.16. The van der Waals surface area contributed by atoms with Gasteiger partial charge >= 0.3 is 0 Å². The fourth-order valence-corrected chi connectivity index (χ4v) is 5.93. The molecular weight excluding hydrogens is 518 g/mol. The first-order chi connectivity index (χ1) is 18.3. The predicted molar refractivity (Wildman–Crippen MR) is 153 cm³/mol. The van der Waals surface area contributed by atoms with Crippen molar-refractivity contribution in [2.75, 3.05) is 5.75 Å². The van der Waals surface area contributed by atoms with Crippen LogP contribution in [0.5, 0.6) is 0 Å². The van der Waals surface area contributed by atoms with Crippen LogP contribution in [-0.4, -0.2) is 33.0 Å². The van der Waals surface area contributed by atoms with Gasteiger partial charge in [-0.1, -0.05) is 42.3 Å². The molecule has 0 bridgehead atoms. The fraction of sp³-hybridized carbons (Fsp3) is 0.267. The number of thioether (sulfide) groups is 1. The van der Waals surface area contributed by atoms with E-state index >= 15 is 0 Å². The van der Waals surface area contributed by atoms with Gasteiger partial charge in [0.2, 0.25) is 0 Å². The molecule has 8 heteroatoms. The third-order valence-corrected chi connectivity index (χ3v) is 7.94. The lowest BCUT2D eigenvalue weighted by Crippen LogP contribution is -2.32. The highest BCUT2D eigenvalue weighted by Crippen LogP contribution is 2.25. The number of halogens is 1. The van der Waals surface area contributed by atoms with Crippen LogP contribution in [0.4, 0.5) is 0 Å². The summed E-state index contributed by atoms with van der Waals surface area (Å²) in [6.45, 7) is 3.95. The van der Waals surface area contributed by atoms with E-state index in [0.717, 1.165) is 36.8 Å². The van der Waals surface area contributed by atoms with Gasteiger partial charge in [0.15, 0.2) is 10.9 Å². The Morgan fingerprint density at radius 2 is 1.63 bits per heavy atom. The summed E-state index contributed by atoms with van der Waals surface area (Å²) in [5.74, 6) is -0.171.